The Kier molecular flexibility index (Phi) is 5.73. The van der Waals surface area contributed by atoms with E-state index in [4.69, 9.17) is 4.74 Å². The predicted molar refractivity (Wildman–Crippen MR) is 94.0 cm³/mol. The van der Waals surface area contributed by atoms with Crippen LogP contribution in [0.3, 0.4) is 0 Å². The van der Waals surface area contributed by atoms with Gasteiger partial charge in [-0.05, 0) is 24.7 Å². The van der Waals surface area contributed by atoms with Crippen LogP contribution in [0.5, 0.6) is 0 Å². The molecule has 2 heterocycles. The Balaban J connectivity index is 1.77. The summed E-state index contributed by atoms with van der Waals surface area (Å²) in [5.74, 6) is -0.142. The fraction of sp³-hybridized carbons (Fsp3) is 0.588. The fourth-order valence-corrected chi connectivity index (χ4v) is 4.64. The molecule has 0 aromatic heterocycles. The molecule has 8 heteroatoms. The maximum absolute atomic E-state index is 12.9. The zero-order valence-corrected chi connectivity index (χ0v) is 15.4. The van der Waals surface area contributed by atoms with Gasteiger partial charge in [0, 0.05) is 44.8 Å². The van der Waals surface area contributed by atoms with E-state index in [0.717, 1.165) is 19.6 Å². The molecular formula is C17H25N3O4S. The lowest BCUT2D eigenvalue weighted by Crippen LogP contribution is -2.48. The van der Waals surface area contributed by atoms with Crippen LogP contribution in [-0.2, 0) is 14.8 Å². The van der Waals surface area contributed by atoms with Crippen LogP contribution in [0.15, 0.2) is 29.2 Å². The smallest absolute Gasteiger partial charge is 0.254 e. The predicted octanol–water partition coefficient (Wildman–Crippen LogP) is 0.485. The molecule has 2 aliphatic rings. The second kappa shape index (κ2) is 7.82. The van der Waals surface area contributed by atoms with Gasteiger partial charge < -0.3 is 14.5 Å². The first kappa shape index (κ1) is 18.3. The summed E-state index contributed by atoms with van der Waals surface area (Å²) >= 11 is 0. The monoisotopic (exact) mass is 367 g/mol. The van der Waals surface area contributed by atoms with E-state index in [1.54, 1.807) is 23.1 Å². The lowest BCUT2D eigenvalue weighted by Gasteiger charge is -2.33. The molecule has 3 rings (SSSR count). The molecule has 2 fully saturated rings. The van der Waals surface area contributed by atoms with Gasteiger partial charge in [0.15, 0.2) is 0 Å². The number of ether oxygens (including phenoxy) is 1. The van der Waals surface area contributed by atoms with Crippen LogP contribution in [0.25, 0.3) is 0 Å². The first-order chi connectivity index (χ1) is 12.0. The number of nitrogens with zero attached hydrogens (tertiary/aromatic N) is 3. The molecule has 1 aromatic carbocycles. The van der Waals surface area contributed by atoms with E-state index in [-0.39, 0.29) is 10.8 Å². The molecule has 0 atom stereocenters. The number of rotatable bonds is 4. The molecule has 25 heavy (non-hydrogen) atoms. The molecule has 2 saturated heterocycles. The molecule has 7 nitrogen and oxygen atoms in total. The summed E-state index contributed by atoms with van der Waals surface area (Å²) in [5, 5.41) is 0. The molecule has 0 saturated carbocycles. The molecule has 1 amide bonds. The average Bonchev–Trinajstić information content (AvgIpc) is 2.68. The molecule has 0 spiro atoms. The molecule has 138 valence electrons. The van der Waals surface area contributed by atoms with Gasteiger partial charge in [-0.2, -0.15) is 4.31 Å². The highest BCUT2D eigenvalue weighted by Crippen LogP contribution is 2.20. The van der Waals surface area contributed by atoms with Gasteiger partial charge in [-0.25, -0.2) is 8.42 Å². The summed E-state index contributed by atoms with van der Waals surface area (Å²) in [5.41, 5.74) is 0.412. The average molecular weight is 367 g/mol. The lowest BCUT2D eigenvalue weighted by atomic mass is 10.2. The molecule has 0 unspecified atom stereocenters. The van der Waals surface area contributed by atoms with Crippen LogP contribution in [0.4, 0.5) is 0 Å². The van der Waals surface area contributed by atoms with Gasteiger partial charge in [-0.1, -0.05) is 13.0 Å². The Morgan fingerprint density at radius 1 is 1.08 bits per heavy atom. The van der Waals surface area contributed by atoms with Crippen molar-refractivity contribution in [3.8, 4) is 0 Å². The fourth-order valence-electron chi connectivity index (χ4n) is 3.17. The summed E-state index contributed by atoms with van der Waals surface area (Å²) < 4.78 is 32.6. The maximum Gasteiger partial charge on any atom is 0.254 e. The molecule has 0 bridgehead atoms. The van der Waals surface area contributed by atoms with E-state index >= 15 is 0 Å². The van der Waals surface area contributed by atoms with Crippen LogP contribution in [0, 0.1) is 0 Å². The van der Waals surface area contributed by atoms with Crippen LogP contribution in [0.1, 0.15) is 17.3 Å². The number of sulfonamides is 1. The van der Waals surface area contributed by atoms with Gasteiger partial charge in [0.2, 0.25) is 10.0 Å². The minimum absolute atomic E-state index is 0.142. The van der Waals surface area contributed by atoms with Gasteiger partial charge >= 0.3 is 0 Å². The van der Waals surface area contributed by atoms with Crippen molar-refractivity contribution in [1.82, 2.24) is 14.1 Å². The third kappa shape index (κ3) is 4.03. The topological polar surface area (TPSA) is 70.2 Å². The number of hydrogen-bond donors (Lipinski definition) is 0. The molecule has 0 radical (unpaired) electrons. The Morgan fingerprint density at radius 2 is 1.76 bits per heavy atom. The highest BCUT2D eigenvalue weighted by atomic mass is 32.2. The van der Waals surface area contributed by atoms with Crippen molar-refractivity contribution in [2.24, 2.45) is 0 Å². The molecule has 1 aromatic rings. The number of carbonyl (C=O) groups is 1. The van der Waals surface area contributed by atoms with Crippen molar-refractivity contribution in [2.45, 2.75) is 11.8 Å². The number of morpholine rings is 1. The van der Waals surface area contributed by atoms with E-state index in [2.05, 4.69) is 11.8 Å². The van der Waals surface area contributed by atoms with Crippen LogP contribution < -0.4 is 0 Å². The minimum Gasteiger partial charge on any atom is -0.378 e. The zero-order valence-electron chi connectivity index (χ0n) is 14.6. The largest absolute Gasteiger partial charge is 0.378 e. The Morgan fingerprint density at radius 3 is 2.40 bits per heavy atom. The summed E-state index contributed by atoms with van der Waals surface area (Å²) in [7, 11) is -3.57. The van der Waals surface area contributed by atoms with Crippen molar-refractivity contribution in [3.05, 3.63) is 29.8 Å². The normalized spacial score (nSPS) is 20.6. The first-order valence-corrected chi connectivity index (χ1v) is 10.2. The second-order valence-electron chi connectivity index (χ2n) is 6.27. The number of amides is 1. The summed E-state index contributed by atoms with van der Waals surface area (Å²) in [6.07, 6.45) is 0. The van der Waals surface area contributed by atoms with E-state index in [1.165, 1.54) is 10.4 Å². The van der Waals surface area contributed by atoms with E-state index < -0.39 is 10.0 Å². The third-order valence-corrected chi connectivity index (χ3v) is 6.69. The van der Waals surface area contributed by atoms with Crippen LogP contribution in [-0.4, -0.2) is 87.5 Å². The van der Waals surface area contributed by atoms with E-state index in [0.29, 0.717) is 45.0 Å². The maximum atomic E-state index is 12.9. The van der Waals surface area contributed by atoms with Crippen molar-refractivity contribution < 1.29 is 17.9 Å². The molecule has 2 aliphatic heterocycles. The Hall–Kier alpha value is -1.48. The Labute approximate surface area is 149 Å². The molecular weight excluding hydrogens is 342 g/mol. The Bertz CT molecular complexity index is 708. The molecule has 0 aliphatic carbocycles. The lowest BCUT2D eigenvalue weighted by molar-refractivity contribution is 0.0302. The van der Waals surface area contributed by atoms with Crippen molar-refractivity contribution in [3.63, 3.8) is 0 Å². The summed E-state index contributed by atoms with van der Waals surface area (Å²) in [4.78, 5) is 16.7. The zero-order chi connectivity index (χ0) is 17.9. The van der Waals surface area contributed by atoms with E-state index in [9.17, 15) is 13.2 Å². The SMILES string of the molecule is CCN1CCN(S(=O)(=O)c2cccc(C(=O)N3CCOCC3)c2)CC1. The minimum atomic E-state index is -3.57. The highest BCUT2D eigenvalue weighted by molar-refractivity contribution is 7.89. The highest BCUT2D eigenvalue weighted by Gasteiger charge is 2.29. The molecule has 0 N–H and O–H groups in total. The third-order valence-electron chi connectivity index (χ3n) is 4.80. The number of likely N-dealkylation sites (N-methyl/N-ethyl adjacent to an activating group) is 1. The number of benzene rings is 1. The van der Waals surface area contributed by atoms with Gasteiger partial charge in [0.05, 0.1) is 18.1 Å². The first-order valence-electron chi connectivity index (χ1n) is 8.72. The van der Waals surface area contributed by atoms with Gasteiger partial charge in [-0.3, -0.25) is 4.79 Å². The second-order valence-corrected chi connectivity index (χ2v) is 8.21. The van der Waals surface area contributed by atoms with Gasteiger partial charge in [-0.15, -0.1) is 0 Å². The van der Waals surface area contributed by atoms with Gasteiger partial charge in [0.1, 0.15) is 0 Å². The van der Waals surface area contributed by atoms with Crippen molar-refractivity contribution in [2.75, 3.05) is 59.0 Å². The van der Waals surface area contributed by atoms with Gasteiger partial charge in [0.25, 0.3) is 5.91 Å². The van der Waals surface area contributed by atoms with E-state index in [1.807, 2.05) is 0 Å². The van der Waals surface area contributed by atoms with Crippen LogP contribution >= 0.6 is 0 Å². The van der Waals surface area contributed by atoms with Crippen molar-refractivity contribution in [1.29, 1.82) is 0 Å². The number of carbonyl (C=O) groups excluding carboxylic acids is 1. The van der Waals surface area contributed by atoms with Crippen molar-refractivity contribution >= 4 is 15.9 Å². The summed E-state index contributed by atoms with van der Waals surface area (Å²) in [6, 6.07) is 6.38. The number of hydrogen-bond acceptors (Lipinski definition) is 5. The standard InChI is InChI=1S/C17H25N3O4S/c1-2-18-6-8-20(9-7-18)25(22,23)16-5-3-4-15(14-16)17(21)19-10-12-24-13-11-19/h3-5,14H,2,6-13H2,1H3. The number of piperazine rings is 1. The quantitative estimate of drug-likeness (QED) is 0.774. The van der Waals surface area contributed by atoms with Crippen LogP contribution in [0.2, 0.25) is 0 Å². The summed E-state index contributed by atoms with van der Waals surface area (Å²) in [6.45, 7) is 7.56.